The van der Waals surface area contributed by atoms with E-state index in [0.717, 1.165) is 0 Å². The van der Waals surface area contributed by atoms with Crippen molar-refractivity contribution in [1.82, 2.24) is 4.90 Å². The van der Waals surface area contributed by atoms with E-state index in [1.54, 1.807) is 41.5 Å². The molecule has 0 saturated carbocycles. The Kier molecular flexibility index (Phi) is 6.13. The first-order valence-corrected chi connectivity index (χ1v) is 9.02. The highest BCUT2D eigenvalue weighted by atomic mass is 32.2. The number of amides is 1. The molecule has 1 amide bonds. The number of likely N-dealkylation sites (tertiary alicyclic amines) is 1. The number of carbonyl (C=O) groups is 1. The van der Waals surface area contributed by atoms with Crippen LogP contribution in [0.4, 0.5) is 9.18 Å². The summed E-state index contributed by atoms with van der Waals surface area (Å²) in [5.41, 5.74) is -1.61. The van der Waals surface area contributed by atoms with Crippen molar-refractivity contribution in [3.63, 3.8) is 0 Å². The summed E-state index contributed by atoms with van der Waals surface area (Å²) in [6.45, 7) is 10.6. The van der Waals surface area contributed by atoms with Crippen molar-refractivity contribution in [2.75, 3.05) is 19.8 Å². The largest absolute Gasteiger partial charge is 0.610 e. The first-order valence-electron chi connectivity index (χ1n) is 7.87. The number of alkyl halides is 1. The standard InChI is InChI=1S/C16H29FN2O3S/c1-14(2,3)22-13(20)19-9-7-16(11-17,8-10-19)12(18)23(21)15(4,5)6/h18H,7-11H2,1-6H3. The van der Waals surface area contributed by atoms with Crippen molar-refractivity contribution in [1.29, 1.82) is 5.41 Å². The number of nitrogens with zero attached hydrogens (tertiary/aromatic N) is 1. The van der Waals surface area contributed by atoms with Crippen LogP contribution in [-0.2, 0) is 15.9 Å². The van der Waals surface area contributed by atoms with Crippen LogP contribution >= 0.6 is 0 Å². The summed E-state index contributed by atoms with van der Waals surface area (Å²) in [4.78, 5) is 13.6. The fourth-order valence-electron chi connectivity index (χ4n) is 2.37. The third-order valence-electron chi connectivity index (χ3n) is 3.85. The molecule has 1 atom stereocenters. The van der Waals surface area contributed by atoms with Crippen LogP contribution < -0.4 is 0 Å². The minimum Gasteiger partial charge on any atom is -0.610 e. The molecule has 0 bridgehead atoms. The summed E-state index contributed by atoms with van der Waals surface area (Å²) in [7, 11) is 0. The lowest BCUT2D eigenvalue weighted by molar-refractivity contribution is 0.0141. The van der Waals surface area contributed by atoms with E-state index in [9.17, 15) is 13.7 Å². The maximum absolute atomic E-state index is 13.7. The Morgan fingerprint density at radius 1 is 1.26 bits per heavy atom. The SMILES string of the molecule is CC(C)(C)OC(=O)N1CCC(CF)(C(=N)[S+]([O-])C(C)(C)C)CC1. The van der Waals surface area contributed by atoms with Crippen LogP contribution in [0.2, 0.25) is 0 Å². The molecule has 1 fully saturated rings. The van der Waals surface area contributed by atoms with Gasteiger partial charge in [-0.25, -0.2) is 9.18 Å². The number of nitrogens with one attached hydrogen (secondary N) is 1. The van der Waals surface area contributed by atoms with E-state index in [4.69, 9.17) is 10.1 Å². The van der Waals surface area contributed by atoms with Gasteiger partial charge >= 0.3 is 6.09 Å². The van der Waals surface area contributed by atoms with Crippen molar-refractivity contribution >= 4 is 22.3 Å². The van der Waals surface area contributed by atoms with E-state index >= 15 is 0 Å². The van der Waals surface area contributed by atoms with Crippen molar-refractivity contribution < 1.29 is 18.5 Å². The van der Waals surface area contributed by atoms with Gasteiger partial charge in [0.2, 0.25) is 5.04 Å². The summed E-state index contributed by atoms with van der Waals surface area (Å²) in [6.07, 6.45) is 0.167. The Morgan fingerprint density at radius 3 is 2.09 bits per heavy atom. The fraction of sp³-hybridized carbons (Fsp3) is 0.875. The smallest absolute Gasteiger partial charge is 0.410 e. The lowest BCUT2D eigenvalue weighted by atomic mass is 9.80. The molecule has 134 valence electrons. The molecule has 1 unspecified atom stereocenters. The topological polar surface area (TPSA) is 76.5 Å². The van der Waals surface area contributed by atoms with Crippen molar-refractivity contribution in [2.24, 2.45) is 5.41 Å². The number of hydrogen-bond acceptors (Lipinski definition) is 4. The highest BCUT2D eigenvalue weighted by Gasteiger charge is 2.48. The zero-order valence-electron chi connectivity index (χ0n) is 15.0. The van der Waals surface area contributed by atoms with E-state index < -0.39 is 39.7 Å². The highest BCUT2D eigenvalue weighted by Crippen LogP contribution is 2.38. The fourth-order valence-corrected chi connectivity index (χ4v) is 3.63. The van der Waals surface area contributed by atoms with E-state index in [2.05, 4.69) is 0 Å². The van der Waals surface area contributed by atoms with E-state index in [1.807, 2.05) is 0 Å². The first kappa shape index (κ1) is 20.2. The molecule has 23 heavy (non-hydrogen) atoms. The number of hydrogen-bond donors (Lipinski definition) is 1. The minimum atomic E-state index is -1.55. The molecule has 0 aromatic carbocycles. The molecule has 1 rings (SSSR count). The van der Waals surface area contributed by atoms with Gasteiger partial charge in [-0.1, -0.05) is 0 Å². The molecule has 1 saturated heterocycles. The predicted octanol–water partition coefficient (Wildman–Crippen LogP) is 3.50. The Bertz CT molecular complexity index is 449. The maximum Gasteiger partial charge on any atom is 0.410 e. The van der Waals surface area contributed by atoms with Crippen LogP contribution in [0.3, 0.4) is 0 Å². The Morgan fingerprint density at radius 2 is 1.74 bits per heavy atom. The monoisotopic (exact) mass is 348 g/mol. The quantitative estimate of drug-likeness (QED) is 0.471. The molecule has 1 N–H and O–H groups in total. The zero-order valence-corrected chi connectivity index (χ0v) is 15.8. The predicted molar refractivity (Wildman–Crippen MR) is 91.1 cm³/mol. The summed E-state index contributed by atoms with van der Waals surface area (Å²) < 4.78 is 30.9. The van der Waals surface area contributed by atoms with Crippen LogP contribution in [0.15, 0.2) is 0 Å². The van der Waals surface area contributed by atoms with Crippen LogP contribution in [0, 0.1) is 10.8 Å². The summed E-state index contributed by atoms with van der Waals surface area (Å²) in [5, 5.41) is 8.19. The normalized spacial score (nSPS) is 20.1. The molecule has 5 nitrogen and oxygen atoms in total. The molecule has 7 heteroatoms. The zero-order chi connectivity index (χ0) is 18.1. The van der Waals surface area contributed by atoms with Crippen molar-refractivity contribution in [3.8, 4) is 0 Å². The number of rotatable bonds is 2. The Labute approximate surface area is 141 Å². The Hall–Kier alpha value is -0.820. The van der Waals surface area contributed by atoms with Crippen LogP contribution in [0.1, 0.15) is 54.4 Å². The maximum atomic E-state index is 13.7. The molecule has 1 aliphatic rings. The van der Waals surface area contributed by atoms with Gasteiger partial charge in [0.05, 0.1) is 5.41 Å². The lowest BCUT2D eigenvalue weighted by Crippen LogP contribution is -2.52. The number of ether oxygens (including phenoxy) is 1. The molecule has 0 aromatic heterocycles. The molecule has 0 spiro atoms. The van der Waals surface area contributed by atoms with Gasteiger partial charge in [0, 0.05) is 24.3 Å². The van der Waals surface area contributed by atoms with Crippen LogP contribution in [-0.4, -0.2) is 50.7 Å². The van der Waals surface area contributed by atoms with Crippen molar-refractivity contribution in [2.45, 2.75) is 64.7 Å². The molecule has 1 heterocycles. The molecule has 0 radical (unpaired) electrons. The lowest BCUT2D eigenvalue weighted by Gasteiger charge is -2.41. The van der Waals surface area contributed by atoms with E-state index in [-0.39, 0.29) is 5.04 Å². The third kappa shape index (κ3) is 5.08. The second kappa shape index (κ2) is 6.97. The summed E-state index contributed by atoms with van der Waals surface area (Å²) in [5.74, 6) is 0. The first-order chi connectivity index (χ1) is 10.3. The molecule has 0 aromatic rings. The van der Waals surface area contributed by atoms with Gasteiger partial charge in [-0.2, -0.15) is 0 Å². The van der Waals surface area contributed by atoms with Gasteiger partial charge in [0.25, 0.3) is 0 Å². The van der Waals surface area contributed by atoms with Gasteiger partial charge in [-0.3, -0.25) is 5.41 Å². The summed E-state index contributed by atoms with van der Waals surface area (Å²) >= 11 is -1.55. The van der Waals surface area contributed by atoms with Crippen LogP contribution in [0.5, 0.6) is 0 Å². The molecule has 1 aliphatic heterocycles. The minimum absolute atomic E-state index is 0.0451. The number of halogens is 1. The third-order valence-corrected chi connectivity index (χ3v) is 5.77. The second-order valence-electron chi connectivity index (χ2n) is 8.09. The number of piperidine rings is 1. The molecule has 0 aliphatic carbocycles. The second-order valence-corrected chi connectivity index (χ2v) is 10.3. The Balaban J connectivity index is 2.77. The number of carbonyl (C=O) groups excluding carboxylic acids is 1. The average Bonchev–Trinajstić information content (AvgIpc) is 2.43. The van der Waals surface area contributed by atoms with Gasteiger partial charge in [-0.05, 0) is 54.4 Å². The van der Waals surface area contributed by atoms with Gasteiger partial charge in [-0.15, -0.1) is 0 Å². The van der Waals surface area contributed by atoms with E-state index in [1.165, 1.54) is 4.90 Å². The van der Waals surface area contributed by atoms with Gasteiger partial charge < -0.3 is 14.2 Å². The summed E-state index contributed by atoms with van der Waals surface area (Å²) in [6, 6.07) is 0. The van der Waals surface area contributed by atoms with E-state index in [0.29, 0.717) is 25.9 Å². The molecular formula is C16H29FN2O3S. The van der Waals surface area contributed by atoms with Crippen LogP contribution in [0.25, 0.3) is 0 Å². The highest BCUT2D eigenvalue weighted by molar-refractivity contribution is 8.07. The van der Waals surface area contributed by atoms with Gasteiger partial charge in [0.1, 0.15) is 17.0 Å². The van der Waals surface area contributed by atoms with Crippen molar-refractivity contribution in [3.05, 3.63) is 0 Å². The average molecular weight is 348 g/mol. The molecular weight excluding hydrogens is 319 g/mol. The van der Waals surface area contributed by atoms with Gasteiger partial charge in [0.15, 0.2) is 0 Å².